The first-order valence-electron chi connectivity index (χ1n) is 34.4. The summed E-state index contributed by atoms with van der Waals surface area (Å²) in [5, 5.41) is 136. The van der Waals surface area contributed by atoms with Gasteiger partial charge in [0.25, 0.3) is 5.79 Å². The maximum absolute atomic E-state index is 13.4. The number of carboxylic acid groups (broad SMARTS) is 1. The Morgan fingerprint density at radius 3 is 1.57 bits per heavy atom. The highest BCUT2D eigenvalue weighted by atomic mass is 16.8. The number of hydrogen-bond donors (Lipinski definition) is 14. The van der Waals surface area contributed by atoms with Crippen LogP contribution < -0.4 is 10.6 Å². The lowest BCUT2D eigenvalue weighted by Gasteiger charge is -2.50. The van der Waals surface area contributed by atoms with Gasteiger partial charge in [0.1, 0.15) is 67.1 Å². The van der Waals surface area contributed by atoms with Gasteiger partial charge in [0.2, 0.25) is 11.8 Å². The molecular weight excluding hydrogens is 1170 g/mol. The minimum absolute atomic E-state index is 0.190. The van der Waals surface area contributed by atoms with Gasteiger partial charge in [-0.2, -0.15) is 0 Å². The first-order valence-corrected chi connectivity index (χ1v) is 34.4. The molecule has 3 saturated heterocycles. The Kier molecular flexibility index (Phi) is 43.1. The van der Waals surface area contributed by atoms with Crippen molar-refractivity contribution in [2.75, 3.05) is 26.4 Å². The van der Waals surface area contributed by atoms with Gasteiger partial charge in [-0.3, -0.25) is 9.59 Å². The summed E-state index contributed by atoms with van der Waals surface area (Å²) < 4.78 is 34.7. The average Bonchev–Trinajstić information content (AvgIpc) is 0.889. The predicted octanol–water partition coefficient (Wildman–Crippen LogP) is 5.84. The largest absolute Gasteiger partial charge is 0.477 e. The molecular formula is C67H120N2O21. The van der Waals surface area contributed by atoms with Crippen molar-refractivity contribution in [1.82, 2.24) is 10.6 Å². The molecule has 3 heterocycles. The Morgan fingerprint density at radius 2 is 1.08 bits per heavy atom. The minimum atomic E-state index is -3.08. The summed E-state index contributed by atoms with van der Waals surface area (Å²) in [6, 6.07) is -2.62. The molecule has 90 heavy (non-hydrogen) atoms. The summed E-state index contributed by atoms with van der Waals surface area (Å²) in [5.41, 5.74) is 0. The number of unbranched alkanes of at least 4 members (excludes halogenated alkanes) is 27. The van der Waals surface area contributed by atoms with E-state index in [0.29, 0.717) is 12.8 Å². The summed E-state index contributed by atoms with van der Waals surface area (Å²) >= 11 is 0. The average molecular weight is 1290 g/mol. The van der Waals surface area contributed by atoms with Gasteiger partial charge < -0.3 is 100 Å². The van der Waals surface area contributed by atoms with E-state index < -0.39 is 155 Å². The highest BCUT2D eigenvalue weighted by Gasteiger charge is 2.60. The molecule has 0 aromatic carbocycles. The monoisotopic (exact) mass is 1290 g/mol. The van der Waals surface area contributed by atoms with Crippen LogP contribution in [-0.2, 0) is 42.8 Å². The van der Waals surface area contributed by atoms with Crippen LogP contribution >= 0.6 is 0 Å². The fourth-order valence-corrected chi connectivity index (χ4v) is 11.8. The first-order chi connectivity index (χ1) is 43.4. The van der Waals surface area contributed by atoms with Gasteiger partial charge in [-0.05, 0) is 51.4 Å². The van der Waals surface area contributed by atoms with Crippen molar-refractivity contribution in [3.8, 4) is 0 Å². The maximum atomic E-state index is 13.4. The van der Waals surface area contributed by atoms with Gasteiger partial charge in [-0.25, -0.2) is 4.79 Å². The molecule has 3 aliphatic heterocycles. The summed E-state index contributed by atoms with van der Waals surface area (Å²) in [7, 11) is 0. The van der Waals surface area contributed by atoms with Crippen molar-refractivity contribution in [3.63, 3.8) is 0 Å². The van der Waals surface area contributed by atoms with Gasteiger partial charge in [-0.15, -0.1) is 0 Å². The number of allylic oxidation sites excluding steroid dienone is 5. The molecule has 0 aliphatic carbocycles. The maximum Gasteiger partial charge on any atom is 0.364 e. The van der Waals surface area contributed by atoms with Gasteiger partial charge in [-0.1, -0.05) is 198 Å². The van der Waals surface area contributed by atoms with Gasteiger partial charge in [0.15, 0.2) is 12.6 Å². The molecule has 0 saturated carbocycles. The van der Waals surface area contributed by atoms with Crippen LogP contribution in [0.2, 0.25) is 0 Å². The van der Waals surface area contributed by atoms with Crippen LogP contribution in [0.1, 0.15) is 233 Å². The molecule has 14 N–H and O–H groups in total. The molecule has 18 atom stereocenters. The van der Waals surface area contributed by atoms with Crippen molar-refractivity contribution in [2.24, 2.45) is 0 Å². The van der Waals surface area contributed by atoms with Crippen molar-refractivity contribution in [1.29, 1.82) is 0 Å². The standard InChI is InChI=1S/C67H120N2O21/c1-4-6-8-10-12-14-16-18-19-20-21-22-23-24-25-26-27-29-31-33-35-37-39-41-54(77)69-48(49(74)40-38-36-34-32-30-28-17-15-13-11-9-7-5-2)46-85-64-59(81)58(80)61(53(45-72)87-64)88-65-60(82)63(57(79)52(44-71)86-65)90-67(66(83)84)42-50(75)55(68-47(3)73)62(89-67)56(78)51(76)43-70/h21-22,24-25,38,40,48-53,55-65,70-72,74-76,78-82H,4-20,23,26-37,39,41-46H2,1-3H3,(H,68,73)(H,69,77)(H,83,84)/b22-21-,25-24-,40-38+. The summed E-state index contributed by atoms with van der Waals surface area (Å²) in [6.07, 6.45) is 19.1. The Balaban J connectivity index is 1.59. The molecule has 23 nitrogen and oxygen atoms in total. The molecule has 2 amide bonds. The number of amides is 2. The number of nitrogens with one attached hydrogen (secondary N) is 2. The second-order valence-corrected chi connectivity index (χ2v) is 25.0. The Labute approximate surface area is 536 Å². The minimum Gasteiger partial charge on any atom is -0.477 e. The van der Waals surface area contributed by atoms with Crippen LogP contribution in [-0.4, -0.2) is 215 Å². The fraction of sp³-hybridized carbons (Fsp3) is 0.866. The third kappa shape index (κ3) is 30.1. The smallest absolute Gasteiger partial charge is 0.364 e. The number of carbonyl (C=O) groups excluding carboxylic acids is 2. The van der Waals surface area contributed by atoms with E-state index in [4.69, 9.17) is 28.4 Å². The highest BCUT2D eigenvalue weighted by Crippen LogP contribution is 2.39. The summed E-state index contributed by atoms with van der Waals surface area (Å²) in [4.78, 5) is 38.5. The predicted molar refractivity (Wildman–Crippen MR) is 338 cm³/mol. The normalized spacial score (nSPS) is 28.8. The lowest BCUT2D eigenvalue weighted by atomic mass is 9.88. The van der Waals surface area contributed by atoms with Crippen molar-refractivity contribution >= 4 is 17.8 Å². The van der Waals surface area contributed by atoms with E-state index in [1.54, 1.807) is 6.08 Å². The first kappa shape index (κ1) is 81.2. The number of aliphatic hydroxyl groups excluding tert-OH is 11. The van der Waals surface area contributed by atoms with Crippen LogP contribution in [0.3, 0.4) is 0 Å². The fourth-order valence-electron chi connectivity index (χ4n) is 11.8. The lowest BCUT2D eigenvalue weighted by Crippen LogP contribution is -2.70. The van der Waals surface area contributed by atoms with Gasteiger partial charge >= 0.3 is 5.97 Å². The molecule has 23 heteroatoms. The van der Waals surface area contributed by atoms with E-state index in [-0.39, 0.29) is 12.3 Å². The van der Waals surface area contributed by atoms with Crippen molar-refractivity contribution in [2.45, 2.75) is 342 Å². The Bertz CT molecular complexity index is 1970. The van der Waals surface area contributed by atoms with E-state index in [2.05, 4.69) is 48.8 Å². The van der Waals surface area contributed by atoms with E-state index in [1.807, 2.05) is 6.08 Å². The zero-order valence-corrected chi connectivity index (χ0v) is 54.5. The molecule has 0 radical (unpaired) electrons. The quantitative estimate of drug-likeness (QED) is 0.0251. The molecule has 0 bridgehead atoms. The third-order valence-corrected chi connectivity index (χ3v) is 17.3. The zero-order valence-electron chi connectivity index (χ0n) is 54.5. The number of aliphatic carboxylic acids is 1. The molecule has 0 spiro atoms. The zero-order chi connectivity index (χ0) is 66.1. The van der Waals surface area contributed by atoms with E-state index in [1.165, 1.54) is 109 Å². The number of aliphatic hydroxyl groups is 11. The van der Waals surface area contributed by atoms with Crippen LogP contribution in [0.4, 0.5) is 0 Å². The SMILES string of the molecule is CCCCCCCCCCC/C=C\C/C=C\CCCCCCCCCC(=O)NC(COC1OC(CO)C(OC2OC(CO)C(O)C(OC3(C(=O)O)CC(O)C(NC(C)=O)C(C(O)C(O)CO)O3)C2O)C(O)C1O)C(O)/C=C/CCCCCCCCCCCCC. The topological polar surface area (TPSA) is 373 Å². The molecule has 3 fully saturated rings. The number of carbonyl (C=O) groups is 3. The van der Waals surface area contributed by atoms with Crippen LogP contribution in [0, 0.1) is 0 Å². The number of carboxylic acids is 1. The summed E-state index contributed by atoms with van der Waals surface area (Å²) in [5.74, 6) is -6.15. The Hall–Kier alpha value is -3.05. The molecule has 3 aliphatic rings. The van der Waals surface area contributed by atoms with E-state index in [9.17, 15) is 75.7 Å². The van der Waals surface area contributed by atoms with Crippen molar-refractivity contribution in [3.05, 3.63) is 36.5 Å². The number of rotatable bonds is 51. The van der Waals surface area contributed by atoms with E-state index >= 15 is 0 Å². The second kappa shape index (κ2) is 47.8. The van der Waals surface area contributed by atoms with Crippen LogP contribution in [0.15, 0.2) is 36.5 Å². The van der Waals surface area contributed by atoms with Gasteiger partial charge in [0.05, 0.1) is 50.7 Å². The van der Waals surface area contributed by atoms with E-state index in [0.717, 1.165) is 84.0 Å². The summed E-state index contributed by atoms with van der Waals surface area (Å²) in [6.45, 7) is 2.11. The molecule has 3 rings (SSSR count). The van der Waals surface area contributed by atoms with Crippen LogP contribution in [0.5, 0.6) is 0 Å². The lowest BCUT2D eigenvalue weighted by molar-refractivity contribution is -0.386. The number of hydrogen-bond acceptors (Lipinski definition) is 20. The molecule has 18 unspecified atom stereocenters. The molecule has 0 aromatic rings. The molecule has 0 aromatic heterocycles. The molecule has 524 valence electrons. The highest BCUT2D eigenvalue weighted by molar-refractivity contribution is 5.77. The second-order valence-electron chi connectivity index (χ2n) is 25.0. The van der Waals surface area contributed by atoms with Gasteiger partial charge in [0, 0.05) is 19.8 Å². The van der Waals surface area contributed by atoms with Crippen LogP contribution in [0.25, 0.3) is 0 Å². The number of ether oxygens (including phenoxy) is 6. The third-order valence-electron chi connectivity index (χ3n) is 17.3. The Morgan fingerprint density at radius 1 is 0.589 bits per heavy atom. The van der Waals surface area contributed by atoms with Crippen molar-refractivity contribution < 1.29 is 104 Å².